The molecular weight excluding hydrogens is 200 g/mol. The molecule has 0 spiro atoms. The summed E-state index contributed by atoms with van der Waals surface area (Å²) in [5.41, 5.74) is 0.800. The lowest BCUT2D eigenvalue weighted by atomic mass is 10.1. The molecule has 76 valence electrons. The van der Waals surface area contributed by atoms with E-state index in [0.717, 1.165) is 5.56 Å². The Morgan fingerprint density at radius 3 is 2.86 bits per heavy atom. The quantitative estimate of drug-likeness (QED) is 0.747. The van der Waals surface area contributed by atoms with Crippen molar-refractivity contribution in [3.63, 3.8) is 0 Å². The highest BCUT2D eigenvalue weighted by molar-refractivity contribution is 7.91. The van der Waals surface area contributed by atoms with Gasteiger partial charge in [-0.3, -0.25) is 0 Å². The van der Waals surface area contributed by atoms with Crippen LogP contribution in [0.4, 0.5) is 0 Å². The van der Waals surface area contributed by atoms with Gasteiger partial charge < -0.3 is 4.74 Å². The molecule has 1 heterocycles. The highest BCUT2D eigenvalue weighted by Gasteiger charge is 2.34. The number of hydrogen-bond donors (Lipinski definition) is 0. The second kappa shape index (κ2) is 3.37. The topological polar surface area (TPSA) is 43.4 Å². The minimum absolute atomic E-state index is 0.0835. The van der Waals surface area contributed by atoms with E-state index < -0.39 is 9.84 Å². The Hall–Kier alpha value is -0.870. The van der Waals surface area contributed by atoms with Crippen molar-refractivity contribution in [2.45, 2.75) is 17.9 Å². The minimum Gasteiger partial charge on any atom is -0.373 e. The molecular formula is C10H12O3S. The van der Waals surface area contributed by atoms with Crippen molar-refractivity contribution >= 4 is 9.84 Å². The average molecular weight is 212 g/mol. The van der Waals surface area contributed by atoms with E-state index in [9.17, 15) is 8.42 Å². The third kappa shape index (κ3) is 1.44. The Bertz CT molecular complexity index is 436. The number of fused-ring (bicyclic) bond motifs is 1. The molecule has 2 rings (SSSR count). The number of sulfone groups is 1. The van der Waals surface area contributed by atoms with Crippen LogP contribution in [0.15, 0.2) is 29.2 Å². The number of benzene rings is 1. The largest absolute Gasteiger partial charge is 0.373 e. The summed E-state index contributed by atoms with van der Waals surface area (Å²) in [4.78, 5) is 0.429. The molecule has 1 aliphatic heterocycles. The van der Waals surface area contributed by atoms with Crippen molar-refractivity contribution in [2.24, 2.45) is 0 Å². The summed E-state index contributed by atoms with van der Waals surface area (Å²) in [6.07, 6.45) is -0.277. The minimum atomic E-state index is -3.10. The molecule has 0 aliphatic carbocycles. The third-order valence-corrected chi connectivity index (χ3v) is 4.12. The van der Waals surface area contributed by atoms with Gasteiger partial charge in [-0.2, -0.15) is 0 Å². The second-order valence-electron chi connectivity index (χ2n) is 3.26. The first-order valence-corrected chi connectivity index (χ1v) is 6.23. The van der Waals surface area contributed by atoms with E-state index in [1.165, 1.54) is 0 Å². The molecule has 1 aromatic rings. The molecule has 1 aromatic carbocycles. The molecule has 0 amide bonds. The van der Waals surface area contributed by atoms with Gasteiger partial charge in [0.1, 0.15) is 0 Å². The predicted octanol–water partition coefficient (Wildman–Crippen LogP) is 1.55. The van der Waals surface area contributed by atoms with Crippen molar-refractivity contribution < 1.29 is 13.2 Å². The van der Waals surface area contributed by atoms with Crippen LogP contribution in [0, 0.1) is 0 Å². The first-order chi connectivity index (χ1) is 6.65. The zero-order chi connectivity index (χ0) is 10.2. The van der Waals surface area contributed by atoms with Gasteiger partial charge in [-0.05, 0) is 13.0 Å². The van der Waals surface area contributed by atoms with E-state index in [1.54, 1.807) is 12.1 Å². The molecule has 0 saturated carbocycles. The first kappa shape index (κ1) is 9.68. The molecule has 0 unspecified atom stereocenters. The summed E-state index contributed by atoms with van der Waals surface area (Å²) in [6, 6.07) is 7.04. The molecule has 1 aliphatic rings. The monoisotopic (exact) mass is 212 g/mol. The molecule has 0 saturated heterocycles. The van der Waals surface area contributed by atoms with Crippen molar-refractivity contribution in [2.75, 3.05) is 12.4 Å². The van der Waals surface area contributed by atoms with Crippen molar-refractivity contribution in [1.29, 1.82) is 0 Å². The van der Waals surface area contributed by atoms with Crippen LogP contribution in [-0.2, 0) is 14.6 Å². The highest BCUT2D eigenvalue weighted by Crippen LogP contribution is 2.35. The van der Waals surface area contributed by atoms with Crippen LogP contribution in [0.1, 0.15) is 18.6 Å². The lowest BCUT2D eigenvalue weighted by Gasteiger charge is -2.08. The van der Waals surface area contributed by atoms with Crippen LogP contribution in [-0.4, -0.2) is 20.8 Å². The molecule has 0 fully saturated rings. The number of hydrogen-bond acceptors (Lipinski definition) is 3. The molecule has 1 atom stereocenters. The molecule has 0 bridgehead atoms. The smallest absolute Gasteiger partial charge is 0.181 e. The SMILES string of the molecule is CCO[C@H]1CS(=O)(=O)c2ccccc21. The van der Waals surface area contributed by atoms with Gasteiger partial charge in [0.25, 0.3) is 0 Å². The molecule has 14 heavy (non-hydrogen) atoms. The highest BCUT2D eigenvalue weighted by atomic mass is 32.2. The summed E-state index contributed by atoms with van der Waals surface area (Å²) in [7, 11) is -3.10. The van der Waals surface area contributed by atoms with Crippen molar-refractivity contribution in [1.82, 2.24) is 0 Å². The van der Waals surface area contributed by atoms with Crippen LogP contribution < -0.4 is 0 Å². The Morgan fingerprint density at radius 2 is 2.14 bits per heavy atom. The normalized spacial score (nSPS) is 23.4. The fraction of sp³-hybridized carbons (Fsp3) is 0.400. The molecule has 0 aromatic heterocycles. The summed E-state index contributed by atoms with van der Waals surface area (Å²) < 4.78 is 28.7. The maximum Gasteiger partial charge on any atom is 0.181 e. The van der Waals surface area contributed by atoms with E-state index >= 15 is 0 Å². The summed E-state index contributed by atoms with van der Waals surface area (Å²) >= 11 is 0. The van der Waals surface area contributed by atoms with E-state index in [0.29, 0.717) is 11.5 Å². The maximum absolute atomic E-state index is 11.7. The van der Waals surface area contributed by atoms with Gasteiger partial charge in [0.05, 0.1) is 16.8 Å². The molecule has 3 nitrogen and oxygen atoms in total. The van der Waals surface area contributed by atoms with Crippen LogP contribution in [0.2, 0.25) is 0 Å². The van der Waals surface area contributed by atoms with E-state index in [-0.39, 0.29) is 11.9 Å². The van der Waals surface area contributed by atoms with Crippen LogP contribution in [0.5, 0.6) is 0 Å². The lowest BCUT2D eigenvalue weighted by molar-refractivity contribution is 0.0800. The van der Waals surface area contributed by atoms with Crippen LogP contribution in [0.3, 0.4) is 0 Å². The lowest BCUT2D eigenvalue weighted by Crippen LogP contribution is -2.06. The van der Waals surface area contributed by atoms with Gasteiger partial charge in [0, 0.05) is 12.2 Å². The zero-order valence-electron chi connectivity index (χ0n) is 7.93. The van der Waals surface area contributed by atoms with Gasteiger partial charge in [0.15, 0.2) is 9.84 Å². The Kier molecular flexibility index (Phi) is 2.33. The third-order valence-electron chi connectivity index (χ3n) is 2.34. The van der Waals surface area contributed by atoms with E-state index in [1.807, 2.05) is 19.1 Å². The van der Waals surface area contributed by atoms with E-state index in [4.69, 9.17) is 4.74 Å². The second-order valence-corrected chi connectivity index (χ2v) is 5.27. The maximum atomic E-state index is 11.7. The van der Waals surface area contributed by atoms with Crippen molar-refractivity contribution in [3.05, 3.63) is 29.8 Å². The van der Waals surface area contributed by atoms with Gasteiger partial charge in [0.2, 0.25) is 0 Å². The standard InChI is InChI=1S/C10H12O3S/c1-2-13-9-7-14(11,12)10-6-4-3-5-8(9)10/h3-6,9H,2,7H2,1H3/t9-/m0/s1. The first-order valence-electron chi connectivity index (χ1n) is 4.58. The van der Waals surface area contributed by atoms with Gasteiger partial charge in [-0.15, -0.1) is 0 Å². The Morgan fingerprint density at radius 1 is 1.43 bits per heavy atom. The summed E-state index contributed by atoms with van der Waals surface area (Å²) in [5.74, 6) is 0.0835. The fourth-order valence-electron chi connectivity index (χ4n) is 1.75. The van der Waals surface area contributed by atoms with E-state index in [2.05, 4.69) is 0 Å². The number of ether oxygens (including phenoxy) is 1. The Balaban J connectivity index is 2.50. The van der Waals surface area contributed by atoms with Crippen LogP contribution in [0.25, 0.3) is 0 Å². The number of rotatable bonds is 2. The summed E-state index contributed by atoms with van der Waals surface area (Å²) in [6.45, 7) is 2.40. The molecule has 0 N–H and O–H groups in total. The van der Waals surface area contributed by atoms with Crippen molar-refractivity contribution in [3.8, 4) is 0 Å². The average Bonchev–Trinajstić information content (AvgIpc) is 2.41. The molecule has 4 heteroatoms. The Labute approximate surface area is 83.6 Å². The predicted molar refractivity (Wildman–Crippen MR) is 52.9 cm³/mol. The summed E-state index contributed by atoms with van der Waals surface area (Å²) in [5, 5.41) is 0. The zero-order valence-corrected chi connectivity index (χ0v) is 8.75. The van der Waals surface area contributed by atoms with Crippen LogP contribution >= 0.6 is 0 Å². The molecule has 0 radical (unpaired) electrons. The van der Waals surface area contributed by atoms with Gasteiger partial charge in [-0.1, -0.05) is 18.2 Å². The van der Waals surface area contributed by atoms with Gasteiger partial charge in [-0.25, -0.2) is 8.42 Å². The fourth-order valence-corrected chi connectivity index (χ4v) is 3.45. The van der Waals surface area contributed by atoms with Gasteiger partial charge >= 0.3 is 0 Å².